The molecule has 1 heterocycles. The molecule has 0 aliphatic rings. The summed E-state index contributed by atoms with van der Waals surface area (Å²) < 4.78 is 45.8. The number of methoxy groups -OCH3 is 1. The molecule has 0 amide bonds. The lowest BCUT2D eigenvalue weighted by Crippen LogP contribution is -2.06. The third-order valence-corrected chi connectivity index (χ3v) is 6.85. The van der Waals surface area contributed by atoms with Crippen LogP contribution in [0.1, 0.15) is 11.1 Å². The van der Waals surface area contributed by atoms with Crippen molar-refractivity contribution in [1.82, 2.24) is 4.98 Å². The van der Waals surface area contributed by atoms with Crippen LogP contribution in [0, 0.1) is 19.7 Å². The molecule has 3 aromatic carbocycles. The highest BCUT2D eigenvalue weighted by atomic mass is 32.2. The summed E-state index contributed by atoms with van der Waals surface area (Å²) in [5, 5.41) is 0.467. The zero-order chi connectivity index (χ0) is 21.5. The molecule has 0 atom stereocenters. The Hall–Kier alpha value is -3.25. The molecule has 0 saturated carbocycles. The van der Waals surface area contributed by atoms with Crippen molar-refractivity contribution in [2.75, 3.05) is 7.11 Å². The largest absolute Gasteiger partial charge is 0.497 e. The molecule has 4 nitrogen and oxygen atoms in total. The van der Waals surface area contributed by atoms with E-state index in [1.165, 1.54) is 24.3 Å². The Morgan fingerprint density at radius 2 is 1.60 bits per heavy atom. The Morgan fingerprint density at radius 3 is 2.27 bits per heavy atom. The van der Waals surface area contributed by atoms with Gasteiger partial charge in [-0.05, 0) is 84.6 Å². The molecule has 4 rings (SSSR count). The standard InChI is InChI=1S/C24H20FNO3S/c1-15-4-10-20(12-16(15)2)30(27,28)24-14-21(17-5-8-19(29-3)9-6-17)22-13-18(25)7-11-23(22)26-24/h4-14H,1-3H3. The summed E-state index contributed by atoms with van der Waals surface area (Å²) >= 11 is 0. The zero-order valence-corrected chi connectivity index (χ0v) is 17.6. The van der Waals surface area contributed by atoms with Gasteiger partial charge in [-0.1, -0.05) is 18.2 Å². The number of halogens is 1. The molecular weight excluding hydrogens is 401 g/mol. The summed E-state index contributed by atoms with van der Waals surface area (Å²) in [7, 11) is -2.28. The summed E-state index contributed by atoms with van der Waals surface area (Å²) in [5.41, 5.74) is 3.63. The number of pyridine rings is 1. The minimum Gasteiger partial charge on any atom is -0.497 e. The van der Waals surface area contributed by atoms with Gasteiger partial charge < -0.3 is 4.74 Å². The maximum Gasteiger partial charge on any atom is 0.223 e. The third-order valence-electron chi connectivity index (χ3n) is 5.21. The highest BCUT2D eigenvalue weighted by Crippen LogP contribution is 2.33. The Balaban J connectivity index is 1.97. The van der Waals surface area contributed by atoms with Crippen LogP contribution in [0.25, 0.3) is 22.0 Å². The molecule has 30 heavy (non-hydrogen) atoms. The van der Waals surface area contributed by atoms with E-state index in [-0.39, 0.29) is 9.92 Å². The fourth-order valence-electron chi connectivity index (χ4n) is 3.32. The number of benzene rings is 3. The summed E-state index contributed by atoms with van der Waals surface area (Å²) in [5.74, 6) is 0.259. The van der Waals surface area contributed by atoms with Gasteiger partial charge in [-0.3, -0.25) is 0 Å². The maximum absolute atomic E-state index is 14.0. The van der Waals surface area contributed by atoms with Crippen molar-refractivity contribution in [1.29, 1.82) is 0 Å². The molecule has 0 aliphatic carbocycles. The smallest absolute Gasteiger partial charge is 0.223 e. The Labute approximate surface area is 174 Å². The second-order valence-corrected chi connectivity index (χ2v) is 9.04. The van der Waals surface area contributed by atoms with Gasteiger partial charge in [0, 0.05) is 5.39 Å². The number of fused-ring (bicyclic) bond motifs is 1. The van der Waals surface area contributed by atoms with Crippen LogP contribution in [0.4, 0.5) is 4.39 Å². The minimum absolute atomic E-state index is 0.0734. The first-order valence-electron chi connectivity index (χ1n) is 9.36. The SMILES string of the molecule is COc1ccc(-c2cc(S(=O)(=O)c3ccc(C)c(C)c3)nc3ccc(F)cc23)cc1. The van der Waals surface area contributed by atoms with E-state index in [0.717, 1.165) is 16.7 Å². The van der Waals surface area contributed by atoms with Gasteiger partial charge in [0.1, 0.15) is 11.6 Å². The number of rotatable bonds is 4. The fraction of sp³-hybridized carbons (Fsp3) is 0.125. The van der Waals surface area contributed by atoms with Crippen molar-refractivity contribution in [3.63, 3.8) is 0 Å². The van der Waals surface area contributed by atoms with Gasteiger partial charge in [0.2, 0.25) is 9.84 Å². The van der Waals surface area contributed by atoms with E-state index in [1.54, 1.807) is 37.4 Å². The highest BCUT2D eigenvalue weighted by Gasteiger charge is 2.22. The van der Waals surface area contributed by atoms with Gasteiger partial charge in [-0.15, -0.1) is 0 Å². The molecule has 0 aliphatic heterocycles. The zero-order valence-electron chi connectivity index (χ0n) is 16.8. The second-order valence-electron chi connectivity index (χ2n) is 7.15. The molecule has 0 unspecified atom stereocenters. The van der Waals surface area contributed by atoms with E-state index in [9.17, 15) is 12.8 Å². The van der Waals surface area contributed by atoms with Gasteiger partial charge >= 0.3 is 0 Å². The highest BCUT2D eigenvalue weighted by molar-refractivity contribution is 7.91. The van der Waals surface area contributed by atoms with Gasteiger partial charge in [0.05, 0.1) is 17.5 Å². The first kappa shape index (κ1) is 20.0. The van der Waals surface area contributed by atoms with Crippen molar-refractivity contribution < 1.29 is 17.5 Å². The number of ether oxygens (including phenoxy) is 1. The average molecular weight is 421 g/mol. The van der Waals surface area contributed by atoms with E-state index in [4.69, 9.17) is 4.74 Å². The summed E-state index contributed by atoms with van der Waals surface area (Å²) in [6.45, 7) is 3.80. The molecule has 0 bridgehead atoms. The first-order valence-corrected chi connectivity index (χ1v) is 10.8. The number of hydrogen-bond donors (Lipinski definition) is 0. The molecule has 6 heteroatoms. The summed E-state index contributed by atoms with van der Waals surface area (Å²) in [6, 6.07) is 17.8. The molecule has 0 saturated heterocycles. The molecule has 1 aromatic heterocycles. The summed E-state index contributed by atoms with van der Waals surface area (Å²) in [4.78, 5) is 4.54. The van der Waals surface area contributed by atoms with Crippen LogP contribution >= 0.6 is 0 Å². The normalized spacial score (nSPS) is 11.6. The molecule has 0 spiro atoms. The second kappa shape index (κ2) is 7.54. The first-order chi connectivity index (χ1) is 14.3. The predicted molar refractivity (Wildman–Crippen MR) is 115 cm³/mol. The van der Waals surface area contributed by atoms with E-state index in [0.29, 0.717) is 22.2 Å². The van der Waals surface area contributed by atoms with Gasteiger partial charge in [-0.25, -0.2) is 17.8 Å². The van der Waals surface area contributed by atoms with E-state index >= 15 is 0 Å². The van der Waals surface area contributed by atoms with Crippen LogP contribution in [0.3, 0.4) is 0 Å². The number of aryl methyl sites for hydroxylation is 2. The molecule has 0 radical (unpaired) electrons. The van der Waals surface area contributed by atoms with Crippen LogP contribution in [0.15, 0.2) is 76.7 Å². The van der Waals surface area contributed by atoms with Crippen molar-refractivity contribution in [2.24, 2.45) is 0 Å². The molecule has 0 fully saturated rings. The molecule has 0 N–H and O–H groups in total. The van der Waals surface area contributed by atoms with Crippen LogP contribution < -0.4 is 4.74 Å². The maximum atomic E-state index is 14.0. The number of nitrogens with zero attached hydrogens (tertiary/aromatic N) is 1. The van der Waals surface area contributed by atoms with Crippen molar-refractivity contribution in [2.45, 2.75) is 23.8 Å². The van der Waals surface area contributed by atoms with Gasteiger partial charge in [0.25, 0.3) is 0 Å². The molecule has 152 valence electrons. The quantitative estimate of drug-likeness (QED) is 0.437. The number of aromatic nitrogens is 1. The van der Waals surface area contributed by atoms with Crippen molar-refractivity contribution in [3.05, 3.63) is 83.7 Å². The van der Waals surface area contributed by atoms with Gasteiger partial charge in [0.15, 0.2) is 5.03 Å². The predicted octanol–water partition coefficient (Wildman–Crippen LogP) is 5.50. The lowest BCUT2D eigenvalue weighted by Gasteiger charge is -2.12. The Kier molecular flexibility index (Phi) is 5.03. The topological polar surface area (TPSA) is 56.3 Å². The third kappa shape index (κ3) is 3.55. The summed E-state index contributed by atoms with van der Waals surface area (Å²) in [6.07, 6.45) is 0. The Bertz CT molecular complexity index is 1360. The van der Waals surface area contributed by atoms with E-state index < -0.39 is 15.7 Å². The lowest BCUT2D eigenvalue weighted by molar-refractivity contribution is 0.415. The minimum atomic E-state index is -3.85. The van der Waals surface area contributed by atoms with Crippen molar-refractivity contribution in [3.8, 4) is 16.9 Å². The molecule has 4 aromatic rings. The van der Waals surface area contributed by atoms with Crippen LogP contribution in [0.2, 0.25) is 0 Å². The number of hydrogen-bond acceptors (Lipinski definition) is 4. The van der Waals surface area contributed by atoms with E-state index in [1.807, 2.05) is 26.0 Å². The van der Waals surface area contributed by atoms with E-state index in [2.05, 4.69) is 4.98 Å². The average Bonchev–Trinajstić information content (AvgIpc) is 2.75. The van der Waals surface area contributed by atoms with Crippen LogP contribution in [-0.2, 0) is 9.84 Å². The molecular formula is C24H20FNO3S. The van der Waals surface area contributed by atoms with Gasteiger partial charge in [-0.2, -0.15) is 0 Å². The van der Waals surface area contributed by atoms with Crippen molar-refractivity contribution >= 4 is 20.7 Å². The Morgan fingerprint density at radius 1 is 0.867 bits per heavy atom. The van der Waals surface area contributed by atoms with Crippen LogP contribution in [0.5, 0.6) is 5.75 Å². The lowest BCUT2D eigenvalue weighted by atomic mass is 10.0. The van der Waals surface area contributed by atoms with Crippen LogP contribution in [-0.4, -0.2) is 20.5 Å². The number of sulfone groups is 1. The fourth-order valence-corrected chi connectivity index (χ4v) is 4.63. The monoisotopic (exact) mass is 421 g/mol.